The molecule has 1 fully saturated rings. The molecule has 4 nitrogen and oxygen atoms in total. The van der Waals surface area contributed by atoms with Gasteiger partial charge in [-0.3, -0.25) is 4.31 Å². The number of hydrogen-bond acceptors (Lipinski definition) is 3. The number of aryl methyl sites for hydroxylation is 1. The second-order valence-electron chi connectivity index (χ2n) is 4.77. The van der Waals surface area contributed by atoms with Crippen molar-refractivity contribution in [3.05, 3.63) is 29.8 Å². The Bertz CT molecular complexity index is 507. The summed E-state index contributed by atoms with van der Waals surface area (Å²) in [6.07, 6.45) is 1.66. The number of sulfonamides is 1. The topological polar surface area (TPSA) is 49.4 Å². The molecule has 1 heterocycles. The first-order chi connectivity index (χ1) is 8.53. The number of para-hydroxylation sites is 1. The van der Waals surface area contributed by atoms with Crippen molar-refractivity contribution in [2.45, 2.75) is 25.0 Å². The van der Waals surface area contributed by atoms with Crippen LogP contribution in [0.1, 0.15) is 18.4 Å². The van der Waals surface area contributed by atoms with Crippen molar-refractivity contribution in [2.75, 3.05) is 24.4 Å². The minimum absolute atomic E-state index is 0.309. The van der Waals surface area contributed by atoms with Gasteiger partial charge in [0.1, 0.15) is 0 Å². The van der Waals surface area contributed by atoms with E-state index in [4.69, 9.17) is 0 Å². The molecule has 1 atom stereocenters. The van der Waals surface area contributed by atoms with Crippen LogP contribution in [-0.4, -0.2) is 33.8 Å². The number of benzene rings is 1. The summed E-state index contributed by atoms with van der Waals surface area (Å²) in [6, 6.07) is 7.57. The van der Waals surface area contributed by atoms with Crippen LogP contribution < -0.4 is 9.62 Å². The Morgan fingerprint density at radius 1 is 1.33 bits per heavy atom. The molecule has 1 unspecified atom stereocenters. The van der Waals surface area contributed by atoms with E-state index in [9.17, 15) is 8.42 Å². The van der Waals surface area contributed by atoms with Gasteiger partial charge in [0.05, 0.1) is 10.9 Å². The van der Waals surface area contributed by atoms with Crippen LogP contribution in [-0.2, 0) is 10.0 Å². The van der Waals surface area contributed by atoms with Crippen LogP contribution in [0.5, 0.6) is 0 Å². The van der Waals surface area contributed by atoms with E-state index in [1.165, 1.54) is 4.31 Å². The van der Waals surface area contributed by atoms with E-state index in [0.717, 1.165) is 30.6 Å². The van der Waals surface area contributed by atoms with E-state index in [1.54, 1.807) is 7.05 Å². The summed E-state index contributed by atoms with van der Waals surface area (Å²) < 4.78 is 26.5. The number of hydrogen-bond donors (Lipinski definition) is 1. The molecule has 1 aliphatic heterocycles. The van der Waals surface area contributed by atoms with Crippen LogP contribution in [0.15, 0.2) is 24.3 Å². The second-order valence-corrected chi connectivity index (χ2v) is 7.01. The van der Waals surface area contributed by atoms with Gasteiger partial charge >= 0.3 is 0 Å². The molecular weight excluding hydrogens is 248 g/mol. The fraction of sp³-hybridized carbons (Fsp3) is 0.538. The van der Waals surface area contributed by atoms with Gasteiger partial charge in [-0.25, -0.2) is 8.42 Å². The third-order valence-corrected chi connectivity index (χ3v) is 5.71. The van der Waals surface area contributed by atoms with Gasteiger partial charge < -0.3 is 5.32 Å². The van der Waals surface area contributed by atoms with Gasteiger partial charge in [0.25, 0.3) is 0 Å². The van der Waals surface area contributed by atoms with Crippen LogP contribution >= 0.6 is 0 Å². The highest BCUT2D eigenvalue weighted by molar-refractivity contribution is 7.93. The monoisotopic (exact) mass is 268 g/mol. The molecule has 1 aromatic rings. The van der Waals surface area contributed by atoms with Crippen molar-refractivity contribution in [3.63, 3.8) is 0 Å². The third-order valence-electron chi connectivity index (χ3n) is 3.51. The Hall–Kier alpha value is -1.07. The lowest BCUT2D eigenvalue weighted by Crippen LogP contribution is -2.45. The van der Waals surface area contributed by atoms with Crippen molar-refractivity contribution in [2.24, 2.45) is 0 Å². The van der Waals surface area contributed by atoms with Crippen LogP contribution in [0.2, 0.25) is 0 Å². The van der Waals surface area contributed by atoms with E-state index < -0.39 is 10.0 Å². The number of piperidine rings is 1. The van der Waals surface area contributed by atoms with Crippen LogP contribution in [0.25, 0.3) is 0 Å². The first kappa shape index (κ1) is 13.4. The molecule has 1 N–H and O–H groups in total. The Balaban J connectivity index is 2.27. The predicted octanol–water partition coefficient (Wildman–Crippen LogP) is 1.51. The number of nitrogens with zero attached hydrogens (tertiary/aromatic N) is 1. The fourth-order valence-electron chi connectivity index (χ4n) is 2.35. The fourth-order valence-corrected chi connectivity index (χ4v) is 4.07. The molecule has 0 aromatic heterocycles. The molecule has 0 aliphatic carbocycles. The summed E-state index contributed by atoms with van der Waals surface area (Å²) in [6.45, 7) is 3.40. The zero-order chi connectivity index (χ0) is 13.2. The van der Waals surface area contributed by atoms with Crippen molar-refractivity contribution < 1.29 is 8.42 Å². The molecule has 1 saturated heterocycles. The highest BCUT2D eigenvalue weighted by atomic mass is 32.2. The maximum absolute atomic E-state index is 12.5. The van der Waals surface area contributed by atoms with Gasteiger partial charge in [-0.15, -0.1) is 0 Å². The van der Waals surface area contributed by atoms with Gasteiger partial charge in [-0.2, -0.15) is 0 Å². The molecule has 0 radical (unpaired) electrons. The lowest BCUT2D eigenvalue weighted by atomic mass is 10.2. The summed E-state index contributed by atoms with van der Waals surface area (Å²) in [5, 5.41) is 2.85. The lowest BCUT2D eigenvalue weighted by molar-refractivity contribution is 0.496. The summed E-state index contributed by atoms with van der Waals surface area (Å²) in [5.41, 5.74) is 1.75. The molecular formula is C13H20N2O2S. The molecule has 0 bridgehead atoms. The summed E-state index contributed by atoms with van der Waals surface area (Å²) in [5.74, 6) is 0. The van der Waals surface area contributed by atoms with E-state index in [1.807, 2.05) is 31.2 Å². The standard InChI is InChI=1S/C13H20N2O2S/c1-11-6-3-4-8-13(11)15(2)18(16,17)12-7-5-9-14-10-12/h3-4,6,8,12,14H,5,7,9-10H2,1-2H3. The van der Waals surface area contributed by atoms with Gasteiger partial charge in [0.2, 0.25) is 10.0 Å². The minimum atomic E-state index is -3.27. The molecule has 1 aliphatic rings. The highest BCUT2D eigenvalue weighted by Crippen LogP contribution is 2.24. The molecule has 0 amide bonds. The summed E-state index contributed by atoms with van der Waals surface area (Å²) >= 11 is 0. The van der Waals surface area contributed by atoms with Gasteiger partial charge in [0.15, 0.2) is 0 Å². The van der Waals surface area contributed by atoms with Crippen molar-refractivity contribution in [1.29, 1.82) is 0 Å². The number of nitrogens with one attached hydrogen (secondary N) is 1. The lowest BCUT2D eigenvalue weighted by Gasteiger charge is -2.29. The molecule has 0 saturated carbocycles. The average molecular weight is 268 g/mol. The number of anilines is 1. The average Bonchev–Trinajstić information content (AvgIpc) is 2.39. The van der Waals surface area contributed by atoms with E-state index in [2.05, 4.69) is 5.32 Å². The highest BCUT2D eigenvalue weighted by Gasteiger charge is 2.31. The normalized spacial score (nSPS) is 20.7. The molecule has 1 aromatic carbocycles. The van der Waals surface area contributed by atoms with E-state index in [-0.39, 0.29) is 5.25 Å². The molecule has 5 heteroatoms. The summed E-state index contributed by atoms with van der Waals surface area (Å²) in [7, 11) is -1.62. The van der Waals surface area contributed by atoms with Gasteiger partial charge in [0, 0.05) is 13.6 Å². The first-order valence-electron chi connectivity index (χ1n) is 6.27. The SMILES string of the molecule is Cc1ccccc1N(C)S(=O)(=O)C1CCCNC1. The maximum Gasteiger partial charge on any atom is 0.239 e. The zero-order valence-corrected chi connectivity index (χ0v) is 11.7. The Morgan fingerprint density at radius 2 is 2.06 bits per heavy atom. The van der Waals surface area contributed by atoms with Gasteiger partial charge in [-0.1, -0.05) is 18.2 Å². The van der Waals surface area contributed by atoms with Crippen molar-refractivity contribution in [3.8, 4) is 0 Å². The largest absolute Gasteiger partial charge is 0.315 e. The van der Waals surface area contributed by atoms with Gasteiger partial charge in [-0.05, 0) is 37.9 Å². The minimum Gasteiger partial charge on any atom is -0.315 e. The van der Waals surface area contributed by atoms with Crippen LogP contribution in [0, 0.1) is 6.92 Å². The Kier molecular flexibility index (Phi) is 3.92. The van der Waals surface area contributed by atoms with Crippen LogP contribution in [0.3, 0.4) is 0 Å². The molecule has 18 heavy (non-hydrogen) atoms. The van der Waals surface area contributed by atoms with Crippen molar-refractivity contribution in [1.82, 2.24) is 5.32 Å². The quantitative estimate of drug-likeness (QED) is 0.904. The van der Waals surface area contributed by atoms with Crippen molar-refractivity contribution >= 4 is 15.7 Å². The maximum atomic E-state index is 12.5. The van der Waals surface area contributed by atoms with E-state index >= 15 is 0 Å². The first-order valence-corrected chi connectivity index (χ1v) is 7.78. The Morgan fingerprint density at radius 3 is 2.67 bits per heavy atom. The smallest absolute Gasteiger partial charge is 0.239 e. The molecule has 100 valence electrons. The predicted molar refractivity (Wildman–Crippen MR) is 74.4 cm³/mol. The number of rotatable bonds is 3. The second kappa shape index (κ2) is 5.28. The zero-order valence-electron chi connectivity index (χ0n) is 10.9. The molecule has 0 spiro atoms. The van der Waals surface area contributed by atoms with E-state index in [0.29, 0.717) is 6.54 Å². The molecule has 2 rings (SSSR count). The van der Waals surface area contributed by atoms with Crippen LogP contribution in [0.4, 0.5) is 5.69 Å². The Labute approximate surface area is 109 Å². The summed E-state index contributed by atoms with van der Waals surface area (Å²) in [4.78, 5) is 0. The third kappa shape index (κ3) is 2.52.